The Morgan fingerprint density at radius 1 is 1.04 bits per heavy atom. The number of hydrogen-bond donors (Lipinski definition) is 3. The van der Waals surface area contributed by atoms with Crippen molar-refractivity contribution in [2.75, 3.05) is 22.2 Å². The van der Waals surface area contributed by atoms with E-state index in [4.69, 9.17) is 0 Å². The van der Waals surface area contributed by atoms with Crippen molar-refractivity contribution in [2.24, 2.45) is 0 Å². The van der Waals surface area contributed by atoms with Gasteiger partial charge in [-0.3, -0.25) is 4.79 Å². The highest BCUT2D eigenvalue weighted by atomic mass is 32.2. The molecule has 2 aromatic carbocycles. The molecule has 0 saturated heterocycles. The van der Waals surface area contributed by atoms with Gasteiger partial charge in [-0.1, -0.05) is 17.4 Å². The summed E-state index contributed by atoms with van der Waals surface area (Å²) < 4.78 is 0.880. The molecule has 6 nitrogen and oxygen atoms in total. The maximum atomic E-state index is 12.2. The molecule has 0 atom stereocenters. The minimum Gasteiger partial charge on any atom is -0.308 e. The average molecular weight is 372 g/mol. The first-order chi connectivity index (χ1) is 12.0. The molecule has 1 heterocycles. The number of benzene rings is 2. The minimum absolute atomic E-state index is 0.163. The van der Waals surface area contributed by atoms with Crippen molar-refractivity contribution >= 4 is 61.8 Å². The van der Waals surface area contributed by atoms with Crippen LogP contribution in [0.1, 0.15) is 6.92 Å². The lowest BCUT2D eigenvalue weighted by molar-refractivity contribution is -0.114. The van der Waals surface area contributed by atoms with Gasteiger partial charge in [0.1, 0.15) is 0 Å². The van der Waals surface area contributed by atoms with Gasteiger partial charge in [0, 0.05) is 23.2 Å². The Hall–Kier alpha value is -2.58. The van der Waals surface area contributed by atoms with Gasteiger partial charge in [-0.25, -0.2) is 9.78 Å². The smallest absolute Gasteiger partial charge is 0.308 e. The molecule has 3 aromatic rings. The number of nitrogens with zero attached hydrogens (tertiary/aromatic N) is 1. The van der Waals surface area contributed by atoms with Crippen molar-refractivity contribution in [3.63, 3.8) is 0 Å². The molecule has 0 saturated carbocycles. The Kier molecular flexibility index (Phi) is 5.20. The number of nitrogens with one attached hydrogen (secondary N) is 3. The Balaban J connectivity index is 1.71. The van der Waals surface area contributed by atoms with E-state index in [0.717, 1.165) is 20.8 Å². The highest BCUT2D eigenvalue weighted by molar-refractivity contribution is 7.98. The molecule has 3 amide bonds. The molecule has 0 bridgehead atoms. The van der Waals surface area contributed by atoms with Gasteiger partial charge in [-0.15, -0.1) is 11.8 Å². The van der Waals surface area contributed by atoms with Crippen LogP contribution < -0.4 is 16.0 Å². The molecular weight excluding hydrogens is 356 g/mol. The number of rotatable bonds is 4. The van der Waals surface area contributed by atoms with Gasteiger partial charge < -0.3 is 16.0 Å². The summed E-state index contributed by atoms with van der Waals surface area (Å²) in [5.74, 6) is -0.163. The van der Waals surface area contributed by atoms with E-state index in [0.29, 0.717) is 10.8 Å². The van der Waals surface area contributed by atoms with Crippen LogP contribution in [0.4, 0.5) is 21.3 Å². The van der Waals surface area contributed by atoms with Crippen molar-refractivity contribution in [1.82, 2.24) is 4.98 Å². The van der Waals surface area contributed by atoms with Crippen LogP contribution in [0, 0.1) is 0 Å². The first kappa shape index (κ1) is 17.2. The van der Waals surface area contributed by atoms with E-state index in [1.54, 1.807) is 23.9 Å². The average Bonchev–Trinajstić information content (AvgIpc) is 2.95. The zero-order valence-electron chi connectivity index (χ0n) is 13.6. The number of aromatic nitrogens is 1. The summed E-state index contributed by atoms with van der Waals surface area (Å²) in [7, 11) is 0. The Bertz CT molecular complexity index is 939. The Morgan fingerprint density at radius 3 is 2.52 bits per heavy atom. The molecule has 0 fully saturated rings. The molecule has 1 aromatic heterocycles. The van der Waals surface area contributed by atoms with Gasteiger partial charge in [0.25, 0.3) is 0 Å². The summed E-state index contributed by atoms with van der Waals surface area (Å²) in [5.41, 5.74) is 2.16. The van der Waals surface area contributed by atoms with Crippen molar-refractivity contribution in [3.05, 3.63) is 42.5 Å². The number of amides is 3. The SMILES string of the molecule is CSc1cccc(NC(=O)Nc2ccc3nc(NC(C)=O)sc3c2)c1. The number of carbonyl (C=O) groups excluding carboxylic acids is 2. The lowest BCUT2D eigenvalue weighted by Crippen LogP contribution is -2.19. The maximum Gasteiger partial charge on any atom is 0.323 e. The zero-order valence-corrected chi connectivity index (χ0v) is 15.3. The number of fused-ring (bicyclic) bond motifs is 1. The fraction of sp³-hybridized carbons (Fsp3) is 0.118. The van der Waals surface area contributed by atoms with E-state index >= 15 is 0 Å². The third-order valence-corrected chi connectivity index (χ3v) is 4.92. The van der Waals surface area contributed by atoms with E-state index in [2.05, 4.69) is 20.9 Å². The zero-order chi connectivity index (χ0) is 17.8. The molecule has 128 valence electrons. The maximum absolute atomic E-state index is 12.2. The van der Waals surface area contributed by atoms with Crippen LogP contribution in [0.2, 0.25) is 0 Å². The van der Waals surface area contributed by atoms with E-state index in [1.807, 2.05) is 36.6 Å². The fourth-order valence-electron chi connectivity index (χ4n) is 2.20. The van der Waals surface area contributed by atoms with E-state index in [-0.39, 0.29) is 11.9 Å². The van der Waals surface area contributed by atoms with Gasteiger partial charge in [0.15, 0.2) is 5.13 Å². The van der Waals surface area contributed by atoms with Crippen LogP contribution in [-0.2, 0) is 4.79 Å². The second-order valence-electron chi connectivity index (χ2n) is 5.19. The number of carbonyl (C=O) groups is 2. The van der Waals surface area contributed by atoms with Crippen LogP contribution in [0.3, 0.4) is 0 Å². The second kappa shape index (κ2) is 7.54. The van der Waals surface area contributed by atoms with Crippen LogP contribution in [0.5, 0.6) is 0 Å². The third-order valence-electron chi connectivity index (χ3n) is 3.26. The second-order valence-corrected chi connectivity index (χ2v) is 7.10. The molecule has 0 aliphatic rings. The van der Waals surface area contributed by atoms with Crippen molar-refractivity contribution in [3.8, 4) is 0 Å². The van der Waals surface area contributed by atoms with Crippen molar-refractivity contribution in [1.29, 1.82) is 0 Å². The predicted octanol–water partition coefficient (Wildman–Crippen LogP) is 4.62. The first-order valence-corrected chi connectivity index (χ1v) is 9.48. The molecule has 0 radical (unpaired) electrons. The number of thiazole rings is 1. The standard InChI is InChI=1S/C17H16N4O2S2/c1-10(22)18-17-21-14-7-6-12(9-15(14)25-17)20-16(23)19-11-4-3-5-13(8-11)24-2/h3-9H,1-2H3,(H,18,21,22)(H2,19,20,23). The molecule has 0 aliphatic carbocycles. The molecule has 0 spiro atoms. The monoisotopic (exact) mass is 372 g/mol. The van der Waals surface area contributed by atoms with Gasteiger partial charge in [0.2, 0.25) is 5.91 Å². The Morgan fingerprint density at radius 2 is 1.80 bits per heavy atom. The normalized spacial score (nSPS) is 10.5. The van der Waals surface area contributed by atoms with Gasteiger partial charge in [-0.05, 0) is 42.7 Å². The number of anilines is 3. The van der Waals surface area contributed by atoms with E-state index in [9.17, 15) is 9.59 Å². The topological polar surface area (TPSA) is 83.1 Å². The predicted molar refractivity (Wildman–Crippen MR) is 105 cm³/mol. The highest BCUT2D eigenvalue weighted by Crippen LogP contribution is 2.28. The summed E-state index contributed by atoms with van der Waals surface area (Å²) in [6, 6.07) is 12.7. The van der Waals surface area contributed by atoms with Crippen LogP contribution in [0.15, 0.2) is 47.4 Å². The lowest BCUT2D eigenvalue weighted by atomic mass is 10.3. The van der Waals surface area contributed by atoms with Gasteiger partial charge >= 0.3 is 6.03 Å². The fourth-order valence-corrected chi connectivity index (χ4v) is 3.61. The van der Waals surface area contributed by atoms with Gasteiger partial charge in [0.05, 0.1) is 10.2 Å². The number of hydrogen-bond acceptors (Lipinski definition) is 5. The molecule has 0 aliphatic heterocycles. The van der Waals surface area contributed by atoms with Crippen LogP contribution in [0.25, 0.3) is 10.2 Å². The first-order valence-electron chi connectivity index (χ1n) is 7.44. The highest BCUT2D eigenvalue weighted by Gasteiger charge is 2.08. The molecule has 0 unspecified atom stereocenters. The molecule has 25 heavy (non-hydrogen) atoms. The van der Waals surface area contributed by atoms with Crippen LogP contribution >= 0.6 is 23.1 Å². The minimum atomic E-state index is -0.316. The summed E-state index contributed by atoms with van der Waals surface area (Å²) in [5, 5.41) is 8.82. The number of urea groups is 1. The van der Waals surface area contributed by atoms with Crippen molar-refractivity contribution in [2.45, 2.75) is 11.8 Å². The molecular formula is C17H16N4O2S2. The van der Waals surface area contributed by atoms with Crippen LogP contribution in [-0.4, -0.2) is 23.2 Å². The third kappa shape index (κ3) is 4.49. The molecule has 3 N–H and O–H groups in total. The van der Waals surface area contributed by atoms with E-state index < -0.39 is 0 Å². The largest absolute Gasteiger partial charge is 0.323 e. The summed E-state index contributed by atoms with van der Waals surface area (Å²) in [4.78, 5) is 28.7. The summed E-state index contributed by atoms with van der Waals surface area (Å²) in [6.07, 6.45) is 1.98. The quantitative estimate of drug-likeness (QED) is 0.584. The Labute approximate surface area is 153 Å². The molecule has 3 rings (SSSR count). The molecule has 8 heteroatoms. The summed E-state index contributed by atoms with van der Waals surface area (Å²) in [6.45, 7) is 1.44. The van der Waals surface area contributed by atoms with Gasteiger partial charge in [-0.2, -0.15) is 0 Å². The number of thioether (sulfide) groups is 1. The van der Waals surface area contributed by atoms with Crippen molar-refractivity contribution < 1.29 is 9.59 Å². The summed E-state index contributed by atoms with van der Waals surface area (Å²) >= 11 is 2.97. The lowest BCUT2D eigenvalue weighted by Gasteiger charge is -2.08. The van der Waals surface area contributed by atoms with E-state index in [1.165, 1.54) is 18.3 Å².